The fourth-order valence-electron chi connectivity index (χ4n) is 4.19. The molecule has 14 heteroatoms. The zero-order valence-corrected chi connectivity index (χ0v) is 29.0. The first kappa shape index (κ1) is 39.1. The number of benzene rings is 2. The van der Waals surface area contributed by atoms with Gasteiger partial charge in [0.25, 0.3) is 11.8 Å². The average Bonchev–Trinajstić information content (AvgIpc) is 3.10. The van der Waals surface area contributed by atoms with Gasteiger partial charge in [-0.3, -0.25) is 9.59 Å². The Hall–Kier alpha value is -4.37. The van der Waals surface area contributed by atoms with Gasteiger partial charge in [-0.15, -0.1) is 0 Å². The Kier molecular flexibility index (Phi) is 19.0. The molecule has 5 N–H and O–H groups in total. The molecule has 1 heterocycles. The van der Waals surface area contributed by atoms with E-state index in [-0.39, 0.29) is 11.8 Å². The van der Waals surface area contributed by atoms with E-state index < -0.39 is 0 Å². The summed E-state index contributed by atoms with van der Waals surface area (Å²) in [6.45, 7) is 12.2. The van der Waals surface area contributed by atoms with Gasteiger partial charge in [0.05, 0.1) is 46.2 Å². The molecule has 0 atom stereocenters. The summed E-state index contributed by atoms with van der Waals surface area (Å²) in [6.07, 6.45) is 1.95. The zero-order chi connectivity index (χ0) is 34.9. The van der Waals surface area contributed by atoms with Gasteiger partial charge in [-0.2, -0.15) is 15.0 Å². The molecular formula is C35H52N8O6. The maximum Gasteiger partial charge on any atom is 0.251 e. The lowest BCUT2D eigenvalue weighted by molar-refractivity contribution is 0.0485. The first-order chi connectivity index (χ1) is 23.9. The van der Waals surface area contributed by atoms with Gasteiger partial charge in [-0.1, -0.05) is 39.0 Å². The number of hydrogen-bond acceptors (Lipinski definition) is 12. The highest BCUT2D eigenvalue weighted by atomic mass is 16.5. The molecule has 14 nitrogen and oxygen atoms in total. The van der Waals surface area contributed by atoms with Crippen LogP contribution in [-0.2, 0) is 18.9 Å². The van der Waals surface area contributed by atoms with Crippen molar-refractivity contribution in [2.45, 2.75) is 33.6 Å². The van der Waals surface area contributed by atoms with E-state index in [0.29, 0.717) is 101 Å². The van der Waals surface area contributed by atoms with Crippen LogP contribution in [0.5, 0.6) is 0 Å². The fourth-order valence-corrected chi connectivity index (χ4v) is 4.19. The van der Waals surface area contributed by atoms with Gasteiger partial charge in [-0.05, 0) is 55.2 Å². The summed E-state index contributed by atoms with van der Waals surface area (Å²) >= 11 is 0. The van der Waals surface area contributed by atoms with E-state index in [4.69, 9.17) is 18.9 Å². The third-order valence-corrected chi connectivity index (χ3v) is 6.77. The van der Waals surface area contributed by atoms with Crippen LogP contribution in [-0.4, -0.2) is 106 Å². The normalized spacial score (nSPS) is 10.9. The quantitative estimate of drug-likeness (QED) is 0.0770. The fraction of sp³-hybridized carbons (Fsp3) is 0.514. The van der Waals surface area contributed by atoms with Gasteiger partial charge in [-0.25, -0.2) is 0 Å². The number of ether oxygens (including phenoxy) is 4. The number of carbonyl (C=O) groups excluding carboxylic acids is 2. The lowest BCUT2D eigenvalue weighted by Gasteiger charge is -2.12. The molecule has 3 rings (SSSR count). The highest BCUT2D eigenvalue weighted by Crippen LogP contribution is 2.17. The maximum absolute atomic E-state index is 12.5. The van der Waals surface area contributed by atoms with Crippen LogP contribution in [0, 0.1) is 5.92 Å². The molecule has 0 aliphatic carbocycles. The van der Waals surface area contributed by atoms with Crippen molar-refractivity contribution in [1.82, 2.24) is 25.6 Å². The van der Waals surface area contributed by atoms with E-state index in [1.807, 2.05) is 18.2 Å². The Morgan fingerprint density at radius 2 is 1.08 bits per heavy atom. The van der Waals surface area contributed by atoms with Gasteiger partial charge < -0.3 is 45.5 Å². The Morgan fingerprint density at radius 3 is 1.63 bits per heavy atom. The lowest BCUT2D eigenvalue weighted by atomic mass is 10.1. The van der Waals surface area contributed by atoms with Gasteiger partial charge in [0, 0.05) is 49.6 Å². The van der Waals surface area contributed by atoms with Crippen LogP contribution in [0.25, 0.3) is 0 Å². The maximum atomic E-state index is 12.5. The van der Waals surface area contributed by atoms with Crippen molar-refractivity contribution >= 4 is 35.3 Å². The van der Waals surface area contributed by atoms with Crippen molar-refractivity contribution in [3.05, 3.63) is 65.7 Å². The van der Waals surface area contributed by atoms with Gasteiger partial charge in [0.1, 0.15) is 0 Å². The number of hydrogen-bond donors (Lipinski definition) is 5. The predicted octanol–water partition coefficient (Wildman–Crippen LogP) is 4.12. The summed E-state index contributed by atoms with van der Waals surface area (Å²) in [4.78, 5) is 38.1. The molecule has 0 aliphatic heterocycles. The van der Waals surface area contributed by atoms with Crippen molar-refractivity contribution in [2.75, 3.05) is 95.0 Å². The molecule has 0 unspecified atom stereocenters. The zero-order valence-electron chi connectivity index (χ0n) is 29.0. The molecular weight excluding hydrogens is 628 g/mol. The first-order valence-corrected chi connectivity index (χ1v) is 17.0. The van der Waals surface area contributed by atoms with E-state index in [0.717, 1.165) is 31.7 Å². The monoisotopic (exact) mass is 680 g/mol. The summed E-state index contributed by atoms with van der Waals surface area (Å²) in [7, 11) is 0. The van der Waals surface area contributed by atoms with Crippen molar-refractivity contribution in [3.8, 4) is 0 Å². The smallest absolute Gasteiger partial charge is 0.251 e. The van der Waals surface area contributed by atoms with Crippen LogP contribution in [0.15, 0.2) is 54.6 Å². The number of rotatable bonds is 26. The second-order valence-corrected chi connectivity index (χ2v) is 11.4. The van der Waals surface area contributed by atoms with Crippen LogP contribution in [0.2, 0.25) is 0 Å². The largest absolute Gasteiger partial charge is 0.379 e. The van der Waals surface area contributed by atoms with Gasteiger partial charge >= 0.3 is 0 Å². The molecule has 0 bridgehead atoms. The second kappa shape index (κ2) is 23.9. The molecule has 0 spiro atoms. The molecule has 0 fully saturated rings. The topological polar surface area (TPSA) is 170 Å². The molecule has 0 radical (unpaired) electrons. The molecule has 2 aromatic carbocycles. The van der Waals surface area contributed by atoms with E-state index in [1.54, 1.807) is 36.4 Å². The van der Waals surface area contributed by atoms with Crippen molar-refractivity contribution in [2.24, 2.45) is 5.92 Å². The third-order valence-electron chi connectivity index (χ3n) is 6.77. The average molecular weight is 681 g/mol. The van der Waals surface area contributed by atoms with Crippen LogP contribution in [0.4, 0.5) is 23.5 Å². The summed E-state index contributed by atoms with van der Waals surface area (Å²) in [5, 5.41) is 15.3. The van der Waals surface area contributed by atoms with Crippen molar-refractivity contribution < 1.29 is 28.5 Å². The third kappa shape index (κ3) is 17.0. The van der Waals surface area contributed by atoms with E-state index in [9.17, 15) is 9.59 Å². The summed E-state index contributed by atoms with van der Waals surface area (Å²) < 4.78 is 22.1. The first-order valence-electron chi connectivity index (χ1n) is 17.0. The Balaban J connectivity index is 1.39. The van der Waals surface area contributed by atoms with Crippen LogP contribution < -0.4 is 26.6 Å². The summed E-state index contributed by atoms with van der Waals surface area (Å²) in [6, 6.07) is 16.1. The Bertz CT molecular complexity index is 1350. The van der Waals surface area contributed by atoms with Crippen LogP contribution in [0.3, 0.4) is 0 Å². The summed E-state index contributed by atoms with van der Waals surface area (Å²) in [5.74, 6) is 1.43. The standard InChI is InChI=1S/C35H52N8O6/c1-4-19-46-23-24-47-21-17-37-32(45)29-10-12-30(13-11-29)40-35-42-33(38-15-14-27(2)3)41-34(43-35)39-18-22-49-26-25-48-20-16-36-31(44)28-8-6-5-7-9-28/h5-13,27H,4,14-26H2,1-3H3,(H,36,44)(H,37,45)(H3,38,39,40,41,42,43). The highest BCUT2D eigenvalue weighted by Gasteiger charge is 2.10. The van der Waals surface area contributed by atoms with E-state index in [1.165, 1.54) is 0 Å². The second-order valence-electron chi connectivity index (χ2n) is 11.4. The molecule has 1 aromatic heterocycles. The molecule has 0 saturated heterocycles. The van der Waals surface area contributed by atoms with Crippen LogP contribution >= 0.6 is 0 Å². The molecule has 3 aromatic rings. The minimum Gasteiger partial charge on any atom is -0.379 e. The lowest BCUT2D eigenvalue weighted by Crippen LogP contribution is -2.27. The minimum atomic E-state index is -0.179. The Morgan fingerprint density at radius 1 is 0.592 bits per heavy atom. The van der Waals surface area contributed by atoms with Crippen molar-refractivity contribution in [1.29, 1.82) is 0 Å². The predicted molar refractivity (Wildman–Crippen MR) is 191 cm³/mol. The Labute approximate surface area is 289 Å². The number of amides is 2. The number of anilines is 4. The van der Waals surface area contributed by atoms with Crippen LogP contribution in [0.1, 0.15) is 54.3 Å². The molecule has 0 aliphatic rings. The molecule has 0 saturated carbocycles. The molecule has 2 amide bonds. The van der Waals surface area contributed by atoms with Gasteiger partial charge in [0.2, 0.25) is 17.8 Å². The number of carbonyl (C=O) groups is 2. The molecule has 49 heavy (non-hydrogen) atoms. The minimum absolute atomic E-state index is 0.124. The van der Waals surface area contributed by atoms with E-state index in [2.05, 4.69) is 62.3 Å². The van der Waals surface area contributed by atoms with Gasteiger partial charge in [0.15, 0.2) is 0 Å². The van der Waals surface area contributed by atoms with Crippen molar-refractivity contribution in [3.63, 3.8) is 0 Å². The highest BCUT2D eigenvalue weighted by molar-refractivity contribution is 5.94. The number of nitrogens with zero attached hydrogens (tertiary/aromatic N) is 3. The number of nitrogens with one attached hydrogen (secondary N) is 5. The summed E-state index contributed by atoms with van der Waals surface area (Å²) in [5.41, 5.74) is 1.88. The van der Waals surface area contributed by atoms with E-state index >= 15 is 0 Å². The SMILES string of the molecule is CCCOCCOCCNC(=O)c1ccc(Nc2nc(NCCOCCOCCNC(=O)c3ccccc3)nc(NCCC(C)C)n2)cc1. The molecule has 268 valence electrons. The number of aromatic nitrogens is 3.